The number of benzene rings is 1. The number of anilines is 1. The van der Waals surface area contributed by atoms with Crippen LogP contribution < -0.4 is 10.9 Å². The van der Waals surface area contributed by atoms with E-state index in [2.05, 4.69) is 41.6 Å². The molecule has 21 heavy (non-hydrogen) atoms. The second-order valence-electron chi connectivity index (χ2n) is 5.64. The number of nitrogens with zero attached hydrogens (tertiary/aromatic N) is 2. The van der Waals surface area contributed by atoms with E-state index in [0.717, 1.165) is 12.8 Å². The van der Waals surface area contributed by atoms with E-state index in [0.29, 0.717) is 11.6 Å². The average molecular weight is 304 g/mol. The SMILES string of the molecule is CC1CCc2ccccc2C1Nc1cnn(C)c(=O)c1Cl. The molecule has 1 aromatic heterocycles. The van der Waals surface area contributed by atoms with Gasteiger partial charge in [-0.15, -0.1) is 0 Å². The smallest absolute Gasteiger partial charge is 0.287 e. The predicted octanol–water partition coefficient (Wildman–Crippen LogP) is 3.17. The zero-order valence-electron chi connectivity index (χ0n) is 12.1. The fraction of sp³-hybridized carbons (Fsp3) is 0.375. The molecule has 0 amide bonds. The molecule has 1 aliphatic rings. The van der Waals surface area contributed by atoms with E-state index in [1.807, 2.05) is 0 Å². The lowest BCUT2D eigenvalue weighted by molar-refractivity contribution is 0.434. The molecule has 0 spiro atoms. The lowest BCUT2D eigenvalue weighted by Gasteiger charge is -2.32. The normalized spacial score (nSPS) is 20.9. The topological polar surface area (TPSA) is 46.9 Å². The minimum Gasteiger partial charge on any atom is -0.375 e. The molecule has 0 aliphatic heterocycles. The van der Waals surface area contributed by atoms with Crippen molar-refractivity contribution in [3.8, 4) is 0 Å². The van der Waals surface area contributed by atoms with Crippen molar-refractivity contribution < 1.29 is 0 Å². The van der Waals surface area contributed by atoms with Crippen molar-refractivity contribution in [3.63, 3.8) is 0 Å². The first-order chi connectivity index (χ1) is 10.1. The zero-order valence-corrected chi connectivity index (χ0v) is 12.9. The van der Waals surface area contributed by atoms with Gasteiger partial charge in [0, 0.05) is 7.05 Å². The van der Waals surface area contributed by atoms with Gasteiger partial charge in [-0.1, -0.05) is 42.8 Å². The van der Waals surface area contributed by atoms with E-state index in [9.17, 15) is 4.79 Å². The third-order valence-electron chi connectivity index (χ3n) is 4.22. The van der Waals surface area contributed by atoms with Crippen LogP contribution in [0.1, 0.15) is 30.5 Å². The third-order valence-corrected chi connectivity index (χ3v) is 4.58. The highest BCUT2D eigenvalue weighted by molar-refractivity contribution is 6.32. The highest BCUT2D eigenvalue weighted by Crippen LogP contribution is 2.37. The van der Waals surface area contributed by atoms with Gasteiger partial charge in [-0.3, -0.25) is 4.79 Å². The Bertz CT molecular complexity index is 726. The lowest BCUT2D eigenvalue weighted by atomic mass is 9.80. The van der Waals surface area contributed by atoms with Crippen LogP contribution in [0.2, 0.25) is 5.02 Å². The largest absolute Gasteiger partial charge is 0.375 e. The number of hydrogen-bond donors (Lipinski definition) is 1. The molecule has 0 saturated carbocycles. The second kappa shape index (κ2) is 5.53. The Kier molecular flexibility index (Phi) is 3.72. The molecule has 0 bridgehead atoms. The lowest BCUT2D eigenvalue weighted by Crippen LogP contribution is -2.27. The van der Waals surface area contributed by atoms with Gasteiger partial charge in [-0.2, -0.15) is 5.10 Å². The summed E-state index contributed by atoms with van der Waals surface area (Å²) in [5, 5.41) is 7.66. The van der Waals surface area contributed by atoms with Gasteiger partial charge in [0.1, 0.15) is 5.02 Å². The molecular formula is C16H18ClN3O. The third kappa shape index (κ3) is 2.56. The molecule has 3 rings (SSSR count). The summed E-state index contributed by atoms with van der Waals surface area (Å²) in [5.74, 6) is 0.472. The van der Waals surface area contributed by atoms with Gasteiger partial charge >= 0.3 is 0 Å². The summed E-state index contributed by atoms with van der Waals surface area (Å²) in [7, 11) is 1.59. The van der Waals surface area contributed by atoms with Crippen LogP contribution in [0.4, 0.5) is 5.69 Å². The van der Waals surface area contributed by atoms with Crippen molar-refractivity contribution in [2.24, 2.45) is 13.0 Å². The van der Waals surface area contributed by atoms with Crippen LogP contribution in [-0.4, -0.2) is 9.78 Å². The standard InChI is InChI=1S/C16H18ClN3O/c1-10-7-8-11-5-3-4-6-12(11)15(10)19-13-9-18-20(2)16(21)14(13)17/h3-6,9-10,15,19H,7-8H2,1-2H3. The summed E-state index contributed by atoms with van der Waals surface area (Å²) in [6.07, 6.45) is 3.83. The first-order valence-corrected chi connectivity index (χ1v) is 7.52. The molecule has 0 fully saturated rings. The van der Waals surface area contributed by atoms with Crippen molar-refractivity contribution in [2.45, 2.75) is 25.8 Å². The van der Waals surface area contributed by atoms with Crippen molar-refractivity contribution in [1.29, 1.82) is 0 Å². The zero-order chi connectivity index (χ0) is 15.0. The maximum Gasteiger partial charge on any atom is 0.287 e. The minimum atomic E-state index is -0.279. The molecule has 0 saturated heterocycles. The summed E-state index contributed by atoms with van der Waals surface area (Å²) in [6, 6.07) is 8.58. The number of halogens is 1. The summed E-state index contributed by atoms with van der Waals surface area (Å²) in [4.78, 5) is 11.9. The molecule has 2 aromatic rings. The van der Waals surface area contributed by atoms with Crippen molar-refractivity contribution in [1.82, 2.24) is 9.78 Å². The van der Waals surface area contributed by atoms with Gasteiger partial charge in [-0.25, -0.2) is 4.68 Å². The number of aryl methyl sites for hydroxylation is 2. The van der Waals surface area contributed by atoms with Crippen LogP contribution >= 0.6 is 11.6 Å². The Hall–Kier alpha value is -1.81. The Morgan fingerprint density at radius 3 is 2.95 bits per heavy atom. The van der Waals surface area contributed by atoms with Crippen LogP contribution in [0.3, 0.4) is 0 Å². The number of rotatable bonds is 2. The van der Waals surface area contributed by atoms with Gasteiger partial charge in [-0.05, 0) is 29.9 Å². The minimum absolute atomic E-state index is 0.154. The van der Waals surface area contributed by atoms with Crippen molar-refractivity contribution in [2.75, 3.05) is 5.32 Å². The molecule has 1 N–H and O–H groups in total. The van der Waals surface area contributed by atoms with Crippen LogP contribution in [0.25, 0.3) is 0 Å². The number of fused-ring (bicyclic) bond motifs is 1. The van der Waals surface area contributed by atoms with Crippen molar-refractivity contribution >= 4 is 17.3 Å². The average Bonchev–Trinajstić information content (AvgIpc) is 2.50. The molecule has 1 heterocycles. The van der Waals surface area contributed by atoms with E-state index in [4.69, 9.17) is 11.6 Å². The molecule has 1 aliphatic carbocycles. The highest BCUT2D eigenvalue weighted by Gasteiger charge is 2.27. The second-order valence-corrected chi connectivity index (χ2v) is 6.02. The summed E-state index contributed by atoms with van der Waals surface area (Å²) < 4.78 is 1.24. The predicted molar refractivity (Wildman–Crippen MR) is 84.8 cm³/mol. The molecule has 4 nitrogen and oxygen atoms in total. The van der Waals surface area contributed by atoms with Gasteiger partial charge in [0.25, 0.3) is 5.56 Å². The quantitative estimate of drug-likeness (QED) is 0.927. The maximum atomic E-state index is 11.9. The van der Waals surface area contributed by atoms with Crippen LogP contribution in [0, 0.1) is 5.92 Å². The van der Waals surface area contributed by atoms with E-state index >= 15 is 0 Å². The molecule has 2 atom stereocenters. The summed E-state index contributed by atoms with van der Waals surface area (Å²) in [6.45, 7) is 2.22. The van der Waals surface area contributed by atoms with Gasteiger partial charge in [0.15, 0.2) is 0 Å². The van der Waals surface area contributed by atoms with Crippen LogP contribution in [0.5, 0.6) is 0 Å². The Balaban J connectivity index is 1.98. The van der Waals surface area contributed by atoms with Crippen LogP contribution in [-0.2, 0) is 13.5 Å². The Morgan fingerprint density at radius 1 is 1.38 bits per heavy atom. The van der Waals surface area contributed by atoms with Gasteiger partial charge in [0.05, 0.1) is 17.9 Å². The number of nitrogens with one attached hydrogen (secondary N) is 1. The molecular weight excluding hydrogens is 286 g/mol. The van der Waals surface area contributed by atoms with E-state index < -0.39 is 0 Å². The monoisotopic (exact) mass is 303 g/mol. The number of aromatic nitrogens is 2. The molecule has 2 unspecified atom stereocenters. The fourth-order valence-electron chi connectivity index (χ4n) is 2.92. The summed E-state index contributed by atoms with van der Waals surface area (Å²) >= 11 is 6.16. The van der Waals surface area contributed by atoms with E-state index in [1.165, 1.54) is 15.8 Å². The van der Waals surface area contributed by atoms with E-state index in [-0.39, 0.29) is 16.6 Å². The molecule has 5 heteroatoms. The Labute approximate surface area is 128 Å². The Morgan fingerprint density at radius 2 is 2.14 bits per heavy atom. The first-order valence-electron chi connectivity index (χ1n) is 7.14. The molecule has 0 radical (unpaired) electrons. The highest BCUT2D eigenvalue weighted by atomic mass is 35.5. The van der Waals surface area contributed by atoms with Gasteiger partial charge in [0.2, 0.25) is 0 Å². The van der Waals surface area contributed by atoms with Gasteiger partial charge < -0.3 is 5.32 Å². The van der Waals surface area contributed by atoms with E-state index in [1.54, 1.807) is 13.2 Å². The molecule has 1 aromatic carbocycles. The van der Waals surface area contributed by atoms with Crippen molar-refractivity contribution in [3.05, 3.63) is 57.0 Å². The number of hydrogen-bond acceptors (Lipinski definition) is 3. The summed E-state index contributed by atoms with van der Waals surface area (Å²) in [5.41, 5.74) is 2.97. The maximum absolute atomic E-state index is 11.9. The fourth-order valence-corrected chi connectivity index (χ4v) is 3.15. The first kappa shape index (κ1) is 14.1. The molecule has 110 valence electrons. The van der Waals surface area contributed by atoms with Crippen LogP contribution in [0.15, 0.2) is 35.3 Å².